The molecule has 0 saturated heterocycles. The summed E-state index contributed by atoms with van der Waals surface area (Å²) in [6.07, 6.45) is 1.93. The van der Waals surface area contributed by atoms with E-state index in [1.54, 1.807) is 0 Å². The average molecular weight is 373 g/mol. The minimum Gasteiger partial charge on any atom is -0.0985 e. The van der Waals surface area contributed by atoms with E-state index in [2.05, 4.69) is 111 Å². The smallest absolute Gasteiger partial charge is 0.0718 e. The van der Waals surface area contributed by atoms with E-state index in [0.717, 1.165) is 5.56 Å². The van der Waals surface area contributed by atoms with Crippen LogP contribution >= 0.6 is 0 Å². The Morgan fingerprint density at radius 2 is 1.10 bits per heavy atom. The predicted molar refractivity (Wildman–Crippen MR) is 123 cm³/mol. The van der Waals surface area contributed by atoms with Crippen molar-refractivity contribution >= 4 is 6.08 Å². The van der Waals surface area contributed by atoms with Gasteiger partial charge in [0.2, 0.25) is 0 Å². The first-order chi connectivity index (χ1) is 14.2. The van der Waals surface area contributed by atoms with Crippen LogP contribution in [0.4, 0.5) is 0 Å². The summed E-state index contributed by atoms with van der Waals surface area (Å²) in [4.78, 5) is 0. The first-order valence-electron chi connectivity index (χ1n) is 10.2. The Hall–Kier alpha value is -3.38. The van der Waals surface area contributed by atoms with Crippen molar-refractivity contribution < 1.29 is 0 Å². The molecule has 1 aliphatic carbocycles. The largest absolute Gasteiger partial charge is 0.0985 e. The Labute approximate surface area is 173 Å². The van der Waals surface area contributed by atoms with Crippen LogP contribution in [0.15, 0.2) is 97.6 Å². The van der Waals surface area contributed by atoms with Crippen LogP contribution in [0.5, 0.6) is 0 Å². The molecule has 0 heteroatoms. The summed E-state index contributed by atoms with van der Waals surface area (Å²) in [5.41, 5.74) is 11.5. The van der Waals surface area contributed by atoms with Crippen LogP contribution in [-0.2, 0) is 5.41 Å². The molecule has 0 fully saturated rings. The fourth-order valence-corrected chi connectivity index (χ4v) is 5.14. The molecular weight excluding hydrogens is 348 g/mol. The van der Waals surface area contributed by atoms with Gasteiger partial charge in [-0.1, -0.05) is 97.6 Å². The molecule has 0 amide bonds. The van der Waals surface area contributed by atoms with E-state index in [4.69, 9.17) is 0 Å². The lowest BCUT2D eigenvalue weighted by atomic mass is 9.65. The van der Waals surface area contributed by atoms with Gasteiger partial charge >= 0.3 is 0 Å². The van der Waals surface area contributed by atoms with Crippen molar-refractivity contribution in [1.29, 1.82) is 0 Å². The van der Waals surface area contributed by atoms with Crippen LogP contribution in [0.25, 0.3) is 17.2 Å². The van der Waals surface area contributed by atoms with Crippen LogP contribution in [0.1, 0.15) is 38.9 Å². The number of aryl methyl sites for hydroxylation is 2. The molecule has 1 aliphatic rings. The highest BCUT2D eigenvalue weighted by atomic mass is 14.5. The average Bonchev–Trinajstić information content (AvgIpc) is 3.05. The molecule has 0 atom stereocenters. The van der Waals surface area contributed by atoms with E-state index in [-0.39, 0.29) is 5.41 Å². The lowest BCUT2D eigenvalue weighted by molar-refractivity contribution is 0.754. The van der Waals surface area contributed by atoms with Crippen LogP contribution in [0.2, 0.25) is 0 Å². The Bertz CT molecular complexity index is 1200. The van der Waals surface area contributed by atoms with Gasteiger partial charge in [-0.2, -0.15) is 0 Å². The molecule has 0 nitrogen and oxygen atoms in total. The molecule has 0 bridgehead atoms. The third-order valence-electron chi connectivity index (χ3n) is 6.40. The van der Waals surface area contributed by atoms with Gasteiger partial charge in [0.25, 0.3) is 0 Å². The quantitative estimate of drug-likeness (QED) is 0.311. The fourth-order valence-electron chi connectivity index (χ4n) is 5.14. The highest BCUT2D eigenvalue weighted by molar-refractivity contribution is 5.87. The van der Waals surface area contributed by atoms with Gasteiger partial charge in [0.1, 0.15) is 0 Å². The van der Waals surface area contributed by atoms with Crippen molar-refractivity contribution in [1.82, 2.24) is 0 Å². The lowest BCUT2D eigenvalue weighted by Gasteiger charge is -2.36. The molecule has 0 aromatic heterocycles. The van der Waals surface area contributed by atoms with Gasteiger partial charge in [0.15, 0.2) is 0 Å². The standard InChI is InChI=1S/C29H24/c1-4-22-17-18-28-24(19-22)23-13-7-10-16-27(23)29(28,25-14-8-5-11-20(25)2)26-15-9-6-12-21(26)3/h4-19H,1H2,2-3H3. The van der Waals surface area contributed by atoms with Crippen molar-refractivity contribution in [2.75, 3.05) is 0 Å². The SMILES string of the molecule is C=Cc1ccc2c(c1)-c1ccccc1C2(c1ccccc1C)c1ccccc1C. The second-order valence-electron chi connectivity index (χ2n) is 7.93. The lowest BCUT2D eigenvalue weighted by Crippen LogP contribution is -2.30. The molecule has 4 aromatic carbocycles. The second-order valence-corrected chi connectivity index (χ2v) is 7.93. The van der Waals surface area contributed by atoms with Gasteiger partial charge in [-0.25, -0.2) is 0 Å². The zero-order valence-corrected chi connectivity index (χ0v) is 16.9. The van der Waals surface area contributed by atoms with E-state index in [1.165, 1.54) is 44.5 Å². The third-order valence-corrected chi connectivity index (χ3v) is 6.40. The minimum atomic E-state index is -0.317. The number of fused-ring (bicyclic) bond motifs is 3. The van der Waals surface area contributed by atoms with Crippen molar-refractivity contribution in [2.24, 2.45) is 0 Å². The molecular formula is C29H24. The highest BCUT2D eigenvalue weighted by Gasteiger charge is 2.47. The van der Waals surface area contributed by atoms with Crippen molar-refractivity contribution in [3.05, 3.63) is 137 Å². The normalized spacial score (nSPS) is 13.6. The molecule has 4 aromatic rings. The Kier molecular flexibility index (Phi) is 4.03. The van der Waals surface area contributed by atoms with E-state index in [0.29, 0.717) is 0 Å². The topological polar surface area (TPSA) is 0 Å². The maximum Gasteiger partial charge on any atom is 0.0718 e. The maximum atomic E-state index is 3.99. The van der Waals surface area contributed by atoms with Gasteiger partial charge in [0, 0.05) is 0 Å². The summed E-state index contributed by atoms with van der Waals surface area (Å²) in [7, 11) is 0. The number of hydrogen-bond acceptors (Lipinski definition) is 0. The third kappa shape index (κ3) is 2.39. The van der Waals surface area contributed by atoms with Crippen LogP contribution in [0, 0.1) is 13.8 Å². The Morgan fingerprint density at radius 3 is 1.69 bits per heavy atom. The van der Waals surface area contributed by atoms with Crippen LogP contribution in [0.3, 0.4) is 0 Å². The van der Waals surface area contributed by atoms with Crippen LogP contribution in [-0.4, -0.2) is 0 Å². The first-order valence-corrected chi connectivity index (χ1v) is 10.2. The summed E-state index contributed by atoms with van der Waals surface area (Å²) in [6, 6.07) is 33.3. The van der Waals surface area contributed by atoms with E-state index in [9.17, 15) is 0 Å². The molecule has 0 radical (unpaired) electrons. The van der Waals surface area contributed by atoms with Crippen molar-refractivity contribution in [2.45, 2.75) is 19.3 Å². The summed E-state index contributed by atoms with van der Waals surface area (Å²) in [6.45, 7) is 8.45. The summed E-state index contributed by atoms with van der Waals surface area (Å²) in [5.74, 6) is 0. The van der Waals surface area contributed by atoms with E-state index < -0.39 is 0 Å². The van der Waals surface area contributed by atoms with Crippen molar-refractivity contribution in [3.8, 4) is 11.1 Å². The summed E-state index contributed by atoms with van der Waals surface area (Å²) >= 11 is 0. The van der Waals surface area contributed by atoms with E-state index in [1.807, 2.05) is 6.08 Å². The molecule has 5 rings (SSSR count). The number of hydrogen-bond donors (Lipinski definition) is 0. The number of benzene rings is 4. The maximum absolute atomic E-state index is 3.99. The zero-order valence-electron chi connectivity index (χ0n) is 16.9. The van der Waals surface area contributed by atoms with Crippen molar-refractivity contribution in [3.63, 3.8) is 0 Å². The fraction of sp³-hybridized carbons (Fsp3) is 0.103. The van der Waals surface area contributed by atoms with Gasteiger partial charge in [-0.05, 0) is 70.0 Å². The molecule has 0 unspecified atom stereocenters. The molecule has 140 valence electrons. The Morgan fingerprint density at radius 1 is 0.586 bits per heavy atom. The van der Waals surface area contributed by atoms with Gasteiger partial charge in [-0.15, -0.1) is 0 Å². The minimum absolute atomic E-state index is 0.317. The second kappa shape index (κ2) is 6.60. The Balaban J connectivity index is 2.01. The van der Waals surface area contributed by atoms with Gasteiger partial charge < -0.3 is 0 Å². The molecule has 0 aliphatic heterocycles. The van der Waals surface area contributed by atoms with Gasteiger partial charge in [0.05, 0.1) is 5.41 Å². The number of rotatable bonds is 3. The highest BCUT2D eigenvalue weighted by Crippen LogP contribution is 2.57. The van der Waals surface area contributed by atoms with Crippen LogP contribution < -0.4 is 0 Å². The first kappa shape index (κ1) is 17.7. The molecule has 29 heavy (non-hydrogen) atoms. The monoisotopic (exact) mass is 372 g/mol. The van der Waals surface area contributed by atoms with Gasteiger partial charge in [-0.3, -0.25) is 0 Å². The molecule has 0 spiro atoms. The summed E-state index contributed by atoms with van der Waals surface area (Å²) in [5, 5.41) is 0. The van der Waals surface area contributed by atoms with E-state index >= 15 is 0 Å². The summed E-state index contributed by atoms with van der Waals surface area (Å²) < 4.78 is 0. The molecule has 0 N–H and O–H groups in total. The molecule has 0 saturated carbocycles. The molecule has 0 heterocycles. The zero-order chi connectivity index (χ0) is 20.0. The predicted octanol–water partition coefficient (Wildman–Crippen LogP) is 7.31.